The molecule has 25 heavy (non-hydrogen) atoms. The topological polar surface area (TPSA) is 58.1 Å². The SMILES string of the molecule is CCNC(=NCC1CCCN1CC)NCCCOCC1CCCO1.I. The van der Waals surface area contributed by atoms with Gasteiger partial charge in [0.05, 0.1) is 19.3 Å². The monoisotopic (exact) mass is 468 g/mol. The summed E-state index contributed by atoms with van der Waals surface area (Å²) in [7, 11) is 0. The largest absolute Gasteiger partial charge is 0.379 e. The van der Waals surface area contributed by atoms with Gasteiger partial charge in [0.25, 0.3) is 0 Å². The molecule has 0 saturated carbocycles. The Bertz CT molecular complexity index is 365. The Morgan fingerprint density at radius 1 is 1.24 bits per heavy atom. The lowest BCUT2D eigenvalue weighted by atomic mass is 10.2. The van der Waals surface area contributed by atoms with Crippen LogP contribution in [0.5, 0.6) is 0 Å². The predicted octanol–water partition coefficient (Wildman–Crippen LogP) is 2.23. The number of halogens is 1. The number of likely N-dealkylation sites (N-methyl/N-ethyl adjacent to an activating group) is 1. The zero-order valence-electron chi connectivity index (χ0n) is 16.0. The van der Waals surface area contributed by atoms with E-state index in [0.717, 1.165) is 64.8 Å². The van der Waals surface area contributed by atoms with Crippen molar-refractivity contribution in [3.8, 4) is 0 Å². The van der Waals surface area contributed by atoms with Crippen LogP contribution in [0.1, 0.15) is 46.0 Å². The van der Waals surface area contributed by atoms with E-state index in [1.54, 1.807) is 0 Å². The number of ether oxygens (including phenoxy) is 2. The number of hydrogen-bond acceptors (Lipinski definition) is 4. The van der Waals surface area contributed by atoms with Gasteiger partial charge < -0.3 is 20.1 Å². The van der Waals surface area contributed by atoms with E-state index in [4.69, 9.17) is 14.5 Å². The summed E-state index contributed by atoms with van der Waals surface area (Å²) in [5.74, 6) is 0.930. The van der Waals surface area contributed by atoms with Crippen molar-refractivity contribution in [2.45, 2.75) is 58.1 Å². The minimum Gasteiger partial charge on any atom is -0.379 e. The van der Waals surface area contributed by atoms with Gasteiger partial charge in [-0.1, -0.05) is 6.92 Å². The van der Waals surface area contributed by atoms with Crippen LogP contribution in [0.3, 0.4) is 0 Å². The predicted molar refractivity (Wildman–Crippen MR) is 114 cm³/mol. The lowest BCUT2D eigenvalue weighted by molar-refractivity contribution is 0.0168. The number of likely N-dealkylation sites (tertiary alicyclic amines) is 1. The molecule has 7 heteroatoms. The molecule has 0 aliphatic carbocycles. The van der Waals surface area contributed by atoms with E-state index >= 15 is 0 Å². The third kappa shape index (κ3) is 8.88. The van der Waals surface area contributed by atoms with Crippen LogP contribution in [0.15, 0.2) is 4.99 Å². The van der Waals surface area contributed by atoms with Crippen molar-refractivity contribution in [1.29, 1.82) is 0 Å². The highest BCUT2D eigenvalue weighted by atomic mass is 127. The van der Waals surface area contributed by atoms with E-state index in [1.807, 2.05) is 0 Å². The summed E-state index contributed by atoms with van der Waals surface area (Å²) < 4.78 is 11.3. The lowest BCUT2D eigenvalue weighted by Gasteiger charge is -2.21. The number of hydrogen-bond donors (Lipinski definition) is 2. The Labute approximate surface area is 170 Å². The van der Waals surface area contributed by atoms with Gasteiger partial charge in [-0.2, -0.15) is 0 Å². The molecule has 2 saturated heterocycles. The quantitative estimate of drug-likeness (QED) is 0.223. The molecule has 148 valence electrons. The number of aliphatic imine (C=N–C) groups is 1. The molecule has 2 atom stereocenters. The zero-order valence-corrected chi connectivity index (χ0v) is 18.3. The van der Waals surface area contributed by atoms with Gasteiger partial charge in [-0.3, -0.25) is 9.89 Å². The van der Waals surface area contributed by atoms with E-state index in [-0.39, 0.29) is 24.0 Å². The zero-order chi connectivity index (χ0) is 17.0. The van der Waals surface area contributed by atoms with Gasteiger partial charge in [-0.25, -0.2) is 0 Å². The number of rotatable bonds is 10. The van der Waals surface area contributed by atoms with Crippen molar-refractivity contribution in [1.82, 2.24) is 15.5 Å². The van der Waals surface area contributed by atoms with Gasteiger partial charge in [0, 0.05) is 32.3 Å². The molecule has 0 bridgehead atoms. The average Bonchev–Trinajstić information content (AvgIpc) is 3.26. The molecular formula is C18H37IN4O2. The minimum atomic E-state index is 0. The molecule has 2 N–H and O–H groups in total. The maximum atomic E-state index is 5.70. The normalized spacial score (nSPS) is 24.3. The van der Waals surface area contributed by atoms with Crippen LogP contribution in [-0.2, 0) is 9.47 Å². The van der Waals surface area contributed by atoms with Crippen LogP contribution in [0.4, 0.5) is 0 Å². The average molecular weight is 468 g/mol. The second-order valence-electron chi connectivity index (χ2n) is 6.63. The van der Waals surface area contributed by atoms with Gasteiger partial charge in [0.15, 0.2) is 5.96 Å². The van der Waals surface area contributed by atoms with Crippen LogP contribution in [0.25, 0.3) is 0 Å². The third-order valence-electron chi connectivity index (χ3n) is 4.80. The molecule has 2 rings (SSSR count). The van der Waals surface area contributed by atoms with Crippen LogP contribution in [0.2, 0.25) is 0 Å². The second-order valence-corrected chi connectivity index (χ2v) is 6.63. The summed E-state index contributed by atoms with van der Waals surface area (Å²) >= 11 is 0. The summed E-state index contributed by atoms with van der Waals surface area (Å²) in [6.07, 6.45) is 6.21. The molecular weight excluding hydrogens is 431 g/mol. The van der Waals surface area contributed by atoms with E-state index in [0.29, 0.717) is 12.1 Å². The van der Waals surface area contributed by atoms with Crippen LogP contribution >= 0.6 is 24.0 Å². The number of nitrogens with one attached hydrogen (secondary N) is 2. The molecule has 0 aromatic rings. The summed E-state index contributed by atoms with van der Waals surface area (Å²) in [5.41, 5.74) is 0. The highest BCUT2D eigenvalue weighted by molar-refractivity contribution is 14.0. The molecule has 2 unspecified atom stereocenters. The van der Waals surface area contributed by atoms with Crippen LogP contribution < -0.4 is 10.6 Å². The molecule has 0 amide bonds. The highest BCUT2D eigenvalue weighted by Crippen LogP contribution is 2.16. The summed E-state index contributed by atoms with van der Waals surface area (Å²) in [4.78, 5) is 7.30. The molecule has 2 heterocycles. The van der Waals surface area contributed by atoms with Crippen LogP contribution in [0, 0.1) is 0 Å². The molecule has 2 aliphatic rings. The summed E-state index contributed by atoms with van der Waals surface area (Å²) in [6.45, 7) is 11.8. The summed E-state index contributed by atoms with van der Waals surface area (Å²) in [5, 5.41) is 6.75. The van der Waals surface area contributed by atoms with Gasteiger partial charge in [0.1, 0.15) is 0 Å². The molecule has 0 aromatic carbocycles. The van der Waals surface area contributed by atoms with Crippen molar-refractivity contribution in [2.24, 2.45) is 4.99 Å². The Balaban J connectivity index is 0.00000312. The third-order valence-corrected chi connectivity index (χ3v) is 4.80. The molecule has 2 aliphatic heterocycles. The molecule has 6 nitrogen and oxygen atoms in total. The lowest BCUT2D eigenvalue weighted by Crippen LogP contribution is -2.39. The van der Waals surface area contributed by atoms with Crippen molar-refractivity contribution in [3.05, 3.63) is 0 Å². The fraction of sp³-hybridized carbons (Fsp3) is 0.944. The Morgan fingerprint density at radius 3 is 2.84 bits per heavy atom. The van der Waals surface area contributed by atoms with E-state index in [2.05, 4.69) is 29.4 Å². The first-order valence-corrected chi connectivity index (χ1v) is 9.79. The van der Waals surface area contributed by atoms with Gasteiger partial charge >= 0.3 is 0 Å². The first kappa shape index (κ1) is 22.9. The van der Waals surface area contributed by atoms with Crippen molar-refractivity contribution >= 4 is 29.9 Å². The molecule has 2 fully saturated rings. The van der Waals surface area contributed by atoms with Crippen LogP contribution in [-0.4, -0.2) is 75.5 Å². The first-order chi connectivity index (χ1) is 11.8. The van der Waals surface area contributed by atoms with E-state index < -0.39 is 0 Å². The Hall–Kier alpha value is -0.120. The number of guanidine groups is 1. The van der Waals surface area contributed by atoms with Gasteiger partial charge in [-0.05, 0) is 52.1 Å². The Kier molecular flexibility index (Phi) is 12.8. The summed E-state index contributed by atoms with van der Waals surface area (Å²) in [6, 6.07) is 0.611. The molecule has 0 aromatic heterocycles. The van der Waals surface area contributed by atoms with Crippen molar-refractivity contribution in [3.63, 3.8) is 0 Å². The fourth-order valence-electron chi connectivity index (χ4n) is 3.43. The van der Waals surface area contributed by atoms with E-state index in [9.17, 15) is 0 Å². The van der Waals surface area contributed by atoms with E-state index in [1.165, 1.54) is 25.8 Å². The first-order valence-electron chi connectivity index (χ1n) is 9.79. The fourth-order valence-corrected chi connectivity index (χ4v) is 3.43. The second kappa shape index (κ2) is 14.0. The van der Waals surface area contributed by atoms with Crippen molar-refractivity contribution in [2.75, 3.05) is 52.5 Å². The molecule has 0 radical (unpaired) electrons. The van der Waals surface area contributed by atoms with Crippen molar-refractivity contribution < 1.29 is 9.47 Å². The Morgan fingerprint density at radius 2 is 2.12 bits per heavy atom. The van der Waals surface area contributed by atoms with Gasteiger partial charge in [-0.15, -0.1) is 24.0 Å². The highest BCUT2D eigenvalue weighted by Gasteiger charge is 2.22. The maximum absolute atomic E-state index is 5.70. The van der Waals surface area contributed by atoms with Gasteiger partial charge in [0.2, 0.25) is 0 Å². The number of nitrogens with zero attached hydrogens (tertiary/aromatic N) is 2. The maximum Gasteiger partial charge on any atom is 0.191 e. The standard InChI is InChI=1S/C18H36N4O2.HI/c1-3-19-18(21-14-16-8-5-11-22(16)4-2)20-10-7-12-23-15-17-9-6-13-24-17;/h16-17H,3-15H2,1-2H3,(H2,19,20,21);1H. The smallest absolute Gasteiger partial charge is 0.191 e. The minimum absolute atomic E-state index is 0. The molecule has 0 spiro atoms.